The number of fused-ring (bicyclic) bond motifs is 2. The first-order valence-corrected chi connectivity index (χ1v) is 10.0. The molecular weight excluding hydrogens is 448 g/mol. The molecule has 1 aliphatic heterocycles. The summed E-state index contributed by atoms with van der Waals surface area (Å²) in [6.07, 6.45) is 0. The maximum atomic E-state index is 13.4. The number of esters is 1. The second-order valence-corrected chi connectivity index (χ2v) is 7.80. The summed E-state index contributed by atoms with van der Waals surface area (Å²) in [7, 11) is 1.31. The highest BCUT2D eigenvalue weighted by Crippen LogP contribution is 2.49. The summed E-state index contributed by atoms with van der Waals surface area (Å²) in [5, 5.41) is 12.2. The molecule has 0 aromatic heterocycles. The topological polar surface area (TPSA) is 88.4 Å². The van der Waals surface area contributed by atoms with Crippen molar-refractivity contribution in [2.45, 2.75) is 12.8 Å². The molecule has 2 aliphatic rings. The van der Waals surface area contributed by atoms with Crippen molar-refractivity contribution in [1.82, 2.24) is 5.32 Å². The zero-order valence-corrected chi connectivity index (χ0v) is 17.9. The molecule has 4 rings (SSSR count). The number of benzene rings is 2. The predicted octanol–water partition coefficient (Wildman–Crippen LogP) is 4.09. The van der Waals surface area contributed by atoms with E-state index in [1.165, 1.54) is 7.11 Å². The Kier molecular flexibility index (Phi) is 5.18. The molecule has 0 spiro atoms. The van der Waals surface area contributed by atoms with Gasteiger partial charge in [0.15, 0.2) is 12.4 Å². The normalized spacial score (nSPS) is 17.1. The molecule has 0 saturated heterocycles. The summed E-state index contributed by atoms with van der Waals surface area (Å²) >= 11 is 3.47. The third-order valence-electron chi connectivity index (χ3n) is 5.23. The minimum atomic E-state index is -0.709. The van der Waals surface area contributed by atoms with Crippen LogP contribution in [0.5, 0.6) is 5.75 Å². The van der Waals surface area contributed by atoms with Crippen LogP contribution in [-0.2, 0) is 9.53 Å². The fourth-order valence-corrected chi connectivity index (χ4v) is 4.39. The van der Waals surface area contributed by atoms with Gasteiger partial charge in [-0.2, -0.15) is 5.26 Å². The molecule has 0 radical (unpaired) electrons. The smallest absolute Gasteiger partial charge is 0.336 e. The van der Waals surface area contributed by atoms with Gasteiger partial charge in [0.1, 0.15) is 11.8 Å². The number of rotatable bonds is 4. The number of nitrogens with zero attached hydrogens (tertiary/aromatic N) is 1. The third kappa shape index (κ3) is 3.10. The van der Waals surface area contributed by atoms with E-state index < -0.39 is 11.9 Å². The summed E-state index contributed by atoms with van der Waals surface area (Å²) in [6, 6.07) is 14.6. The van der Waals surface area contributed by atoms with Crippen molar-refractivity contribution < 1.29 is 19.1 Å². The van der Waals surface area contributed by atoms with Crippen LogP contribution >= 0.6 is 15.9 Å². The van der Waals surface area contributed by atoms with E-state index in [0.29, 0.717) is 39.4 Å². The molecule has 6 nitrogen and oxygen atoms in total. The lowest BCUT2D eigenvalue weighted by Gasteiger charge is -2.30. The quantitative estimate of drug-likeness (QED) is 0.685. The molecule has 1 atom stereocenters. The predicted molar refractivity (Wildman–Crippen MR) is 114 cm³/mol. The van der Waals surface area contributed by atoms with E-state index in [2.05, 4.69) is 21.2 Å². The number of ether oxygens (including phenoxy) is 2. The van der Waals surface area contributed by atoms with Crippen LogP contribution in [0, 0.1) is 11.3 Å². The Hall–Kier alpha value is -3.37. The summed E-state index contributed by atoms with van der Waals surface area (Å²) in [5.74, 6) is -0.971. The number of nitrogens with one attached hydrogen (secondary N) is 1. The second kappa shape index (κ2) is 7.81. The van der Waals surface area contributed by atoms with E-state index >= 15 is 0 Å². The van der Waals surface area contributed by atoms with Crippen LogP contribution in [0.4, 0.5) is 0 Å². The molecule has 0 saturated carbocycles. The first-order chi connectivity index (χ1) is 14.5. The van der Waals surface area contributed by atoms with Gasteiger partial charge in [0.2, 0.25) is 0 Å². The maximum Gasteiger partial charge on any atom is 0.336 e. The van der Waals surface area contributed by atoms with Crippen molar-refractivity contribution in [3.63, 3.8) is 0 Å². The molecule has 0 amide bonds. The van der Waals surface area contributed by atoms with Crippen LogP contribution in [-0.4, -0.2) is 25.5 Å². The molecule has 0 bridgehead atoms. The van der Waals surface area contributed by atoms with Crippen molar-refractivity contribution >= 4 is 33.4 Å². The largest absolute Gasteiger partial charge is 0.478 e. The van der Waals surface area contributed by atoms with Gasteiger partial charge in [0.05, 0.1) is 24.3 Å². The number of hydrogen-bond acceptors (Lipinski definition) is 6. The van der Waals surface area contributed by atoms with Crippen LogP contribution in [0.15, 0.2) is 63.8 Å². The van der Waals surface area contributed by atoms with E-state index in [-0.39, 0.29) is 12.4 Å². The number of dihydropyridines is 1. The van der Waals surface area contributed by atoms with Gasteiger partial charge in [-0.15, -0.1) is 0 Å². The van der Waals surface area contributed by atoms with Gasteiger partial charge in [0, 0.05) is 32.4 Å². The first-order valence-electron chi connectivity index (χ1n) is 9.21. The monoisotopic (exact) mass is 464 g/mol. The zero-order valence-electron chi connectivity index (χ0n) is 16.3. The van der Waals surface area contributed by atoms with Crippen LogP contribution in [0.2, 0.25) is 0 Å². The Bertz CT molecular complexity index is 1190. The minimum absolute atomic E-state index is 0.154. The van der Waals surface area contributed by atoms with Gasteiger partial charge in [-0.25, -0.2) is 4.79 Å². The van der Waals surface area contributed by atoms with E-state index in [0.717, 1.165) is 10.0 Å². The Morgan fingerprint density at radius 1 is 1.23 bits per heavy atom. The number of nitriles is 1. The van der Waals surface area contributed by atoms with Crippen molar-refractivity contribution in [3.8, 4) is 11.8 Å². The van der Waals surface area contributed by atoms with Crippen molar-refractivity contribution in [1.29, 1.82) is 5.26 Å². The molecule has 1 heterocycles. The highest BCUT2D eigenvalue weighted by atomic mass is 79.9. The second-order valence-electron chi connectivity index (χ2n) is 6.88. The van der Waals surface area contributed by atoms with Crippen molar-refractivity contribution in [3.05, 3.63) is 80.5 Å². The fraction of sp³-hybridized carbons (Fsp3) is 0.174. The molecule has 30 heavy (non-hydrogen) atoms. The van der Waals surface area contributed by atoms with Crippen molar-refractivity contribution in [2.75, 3.05) is 13.7 Å². The highest BCUT2D eigenvalue weighted by molar-refractivity contribution is 9.10. The number of carbonyl (C=O) groups is 2. The summed E-state index contributed by atoms with van der Waals surface area (Å²) in [5.41, 5.74) is 4.04. The molecule has 1 aliphatic carbocycles. The third-order valence-corrected chi connectivity index (χ3v) is 5.72. The van der Waals surface area contributed by atoms with Crippen LogP contribution in [0.3, 0.4) is 0 Å². The molecular formula is C23H17BrN2O4. The number of Topliss-reactive ketones (excluding diaryl/α,β-unsaturated/α-hetero) is 1. The lowest BCUT2D eigenvalue weighted by Crippen LogP contribution is -2.29. The zero-order chi connectivity index (χ0) is 21.4. The number of carbonyl (C=O) groups excluding carboxylic acids is 2. The average Bonchev–Trinajstić information content (AvgIpc) is 3.03. The van der Waals surface area contributed by atoms with E-state index in [4.69, 9.17) is 14.7 Å². The number of allylic oxidation sites excluding steroid dienone is 2. The van der Waals surface area contributed by atoms with Crippen LogP contribution in [0.1, 0.15) is 34.3 Å². The number of halogens is 1. The highest BCUT2D eigenvalue weighted by Gasteiger charge is 2.43. The molecule has 2 aromatic rings. The fourth-order valence-electron chi connectivity index (χ4n) is 4.01. The van der Waals surface area contributed by atoms with E-state index in [9.17, 15) is 9.59 Å². The van der Waals surface area contributed by atoms with Gasteiger partial charge in [0.25, 0.3) is 0 Å². The summed E-state index contributed by atoms with van der Waals surface area (Å²) < 4.78 is 11.4. The Balaban J connectivity index is 1.98. The standard InChI is InChI=1S/C23H17BrN2O4/c1-12-18(23(28)29-2)19(16-11-13(24)7-8-17(16)30-10-9-25)20-21(26-12)14-5-3-4-6-15(14)22(20)27/h3-8,11,19,26H,10H2,1-2H3/t19-/m0/s1. The van der Waals surface area contributed by atoms with Gasteiger partial charge in [-0.3, -0.25) is 4.79 Å². The lowest BCUT2D eigenvalue weighted by atomic mass is 9.79. The van der Waals surface area contributed by atoms with Crippen LogP contribution < -0.4 is 10.1 Å². The average molecular weight is 465 g/mol. The molecule has 1 N–H and O–H groups in total. The molecule has 0 fully saturated rings. The molecule has 2 aromatic carbocycles. The van der Waals surface area contributed by atoms with E-state index in [1.54, 1.807) is 31.2 Å². The molecule has 150 valence electrons. The molecule has 0 unspecified atom stereocenters. The van der Waals surface area contributed by atoms with Crippen LogP contribution in [0.25, 0.3) is 5.70 Å². The Labute approximate surface area is 181 Å². The summed E-state index contributed by atoms with van der Waals surface area (Å²) in [6.45, 7) is 1.62. The first kappa shape index (κ1) is 19.9. The number of methoxy groups -OCH3 is 1. The van der Waals surface area contributed by atoms with Gasteiger partial charge < -0.3 is 14.8 Å². The SMILES string of the molecule is COC(=O)C1=C(C)NC2=C(C(=O)c3ccccc32)[C@H]1c1cc(Br)ccc1OCC#N. The van der Waals surface area contributed by atoms with Gasteiger partial charge >= 0.3 is 5.97 Å². The van der Waals surface area contributed by atoms with Crippen molar-refractivity contribution in [2.24, 2.45) is 0 Å². The Morgan fingerprint density at radius 3 is 2.67 bits per heavy atom. The van der Waals surface area contributed by atoms with Gasteiger partial charge in [-0.1, -0.05) is 40.2 Å². The minimum Gasteiger partial charge on any atom is -0.478 e. The number of hydrogen-bond donors (Lipinski definition) is 1. The maximum absolute atomic E-state index is 13.4. The number of ketones is 1. The molecule has 7 heteroatoms. The lowest BCUT2D eigenvalue weighted by molar-refractivity contribution is -0.136. The van der Waals surface area contributed by atoms with E-state index in [1.807, 2.05) is 24.3 Å². The van der Waals surface area contributed by atoms with Gasteiger partial charge in [-0.05, 0) is 25.1 Å². The summed E-state index contributed by atoms with van der Waals surface area (Å²) in [4.78, 5) is 26.2. The Morgan fingerprint density at radius 2 is 1.97 bits per heavy atom.